The van der Waals surface area contributed by atoms with Crippen LogP contribution in [0.15, 0.2) is 12.4 Å². The highest BCUT2D eigenvalue weighted by Crippen LogP contribution is 2.27. The Morgan fingerprint density at radius 2 is 2.36 bits per heavy atom. The first-order chi connectivity index (χ1) is 10.5. The van der Waals surface area contributed by atoms with E-state index in [1.165, 1.54) is 0 Å². The molecule has 7 nitrogen and oxygen atoms in total. The molecule has 1 unspecified atom stereocenters. The van der Waals surface area contributed by atoms with Crippen molar-refractivity contribution in [2.75, 3.05) is 32.7 Å². The second kappa shape index (κ2) is 5.71. The number of amides is 1. The molecule has 0 bridgehead atoms. The minimum Gasteiger partial charge on any atom is -0.387 e. The maximum absolute atomic E-state index is 11.5. The Bertz CT molecular complexity index is 601. The minimum atomic E-state index is -0.809. The summed E-state index contributed by atoms with van der Waals surface area (Å²) in [5, 5.41) is 23.7. The maximum atomic E-state index is 11.5. The van der Waals surface area contributed by atoms with Crippen LogP contribution in [-0.2, 0) is 4.79 Å². The van der Waals surface area contributed by atoms with Crippen LogP contribution >= 0.6 is 0 Å². The topological polar surface area (TPSA) is 85.4 Å². The van der Waals surface area contributed by atoms with Gasteiger partial charge in [0.25, 0.3) is 0 Å². The summed E-state index contributed by atoms with van der Waals surface area (Å²) < 4.78 is 1.82. The number of nitrogens with zero attached hydrogens (tertiary/aromatic N) is 5. The average molecular weight is 303 g/mol. The second-order valence-corrected chi connectivity index (χ2v) is 6.44. The molecule has 2 aliphatic heterocycles. The van der Waals surface area contributed by atoms with Crippen molar-refractivity contribution in [1.29, 1.82) is 5.26 Å². The van der Waals surface area contributed by atoms with Gasteiger partial charge < -0.3 is 10.0 Å². The number of hydrogen-bond donors (Lipinski definition) is 1. The van der Waals surface area contributed by atoms with Crippen molar-refractivity contribution in [2.24, 2.45) is 0 Å². The smallest absolute Gasteiger partial charge is 0.219 e. The van der Waals surface area contributed by atoms with E-state index in [4.69, 9.17) is 5.26 Å². The molecular formula is C15H21N5O2. The number of hydrogen-bond acceptors (Lipinski definition) is 5. The molecule has 1 aromatic rings. The largest absolute Gasteiger partial charge is 0.387 e. The molecule has 0 aliphatic carbocycles. The average Bonchev–Trinajstić information content (AvgIpc) is 2.91. The number of aliphatic hydroxyl groups is 1. The number of rotatable bonds is 3. The highest BCUT2D eigenvalue weighted by molar-refractivity contribution is 5.73. The molecule has 7 heteroatoms. The number of aromatic nitrogens is 2. The van der Waals surface area contributed by atoms with Crippen molar-refractivity contribution >= 4 is 5.91 Å². The summed E-state index contributed by atoms with van der Waals surface area (Å²) in [5.74, 6) is 0.0279. The van der Waals surface area contributed by atoms with Gasteiger partial charge in [-0.15, -0.1) is 0 Å². The molecule has 3 rings (SSSR count). The molecule has 0 saturated carbocycles. The highest BCUT2D eigenvalue weighted by atomic mass is 16.3. The highest BCUT2D eigenvalue weighted by Gasteiger charge is 2.39. The van der Waals surface area contributed by atoms with Crippen LogP contribution < -0.4 is 0 Å². The van der Waals surface area contributed by atoms with Crippen LogP contribution in [0.2, 0.25) is 0 Å². The van der Waals surface area contributed by atoms with Gasteiger partial charge in [-0.05, 0) is 12.8 Å². The van der Waals surface area contributed by atoms with Crippen molar-refractivity contribution in [3.63, 3.8) is 0 Å². The predicted octanol–water partition coefficient (Wildman–Crippen LogP) is -0.0151. The fourth-order valence-corrected chi connectivity index (χ4v) is 3.36. The number of carbonyl (C=O) groups is 1. The van der Waals surface area contributed by atoms with Gasteiger partial charge in [0, 0.05) is 39.3 Å². The molecule has 1 N–H and O–H groups in total. The predicted molar refractivity (Wildman–Crippen MR) is 78.9 cm³/mol. The Hall–Kier alpha value is -1.91. The number of piperidine rings is 1. The number of likely N-dealkylation sites (tertiary alicyclic amines) is 2. The molecule has 1 aromatic heterocycles. The fraction of sp³-hybridized carbons (Fsp3) is 0.667. The van der Waals surface area contributed by atoms with Crippen molar-refractivity contribution in [3.05, 3.63) is 18.0 Å². The van der Waals surface area contributed by atoms with Gasteiger partial charge in [-0.1, -0.05) is 0 Å². The Kier molecular flexibility index (Phi) is 3.89. The third-order valence-corrected chi connectivity index (χ3v) is 4.56. The summed E-state index contributed by atoms with van der Waals surface area (Å²) in [6, 6.07) is 2.34. The first-order valence-corrected chi connectivity index (χ1v) is 7.64. The third kappa shape index (κ3) is 2.98. The Balaban J connectivity index is 1.53. The van der Waals surface area contributed by atoms with E-state index < -0.39 is 5.60 Å². The Labute approximate surface area is 129 Å². The van der Waals surface area contributed by atoms with Crippen LogP contribution in [0.3, 0.4) is 0 Å². The summed E-state index contributed by atoms with van der Waals surface area (Å²) in [7, 11) is 0. The summed E-state index contributed by atoms with van der Waals surface area (Å²) in [6.07, 6.45) is 4.91. The number of carbonyl (C=O) groups excluding carboxylic acids is 1. The van der Waals surface area contributed by atoms with Crippen LogP contribution in [0, 0.1) is 11.3 Å². The molecule has 0 spiro atoms. The van der Waals surface area contributed by atoms with Gasteiger partial charge in [0.2, 0.25) is 5.91 Å². The molecule has 2 aliphatic rings. The molecule has 0 aromatic carbocycles. The lowest BCUT2D eigenvalue weighted by atomic mass is 9.90. The van der Waals surface area contributed by atoms with E-state index in [0.29, 0.717) is 18.7 Å². The maximum Gasteiger partial charge on any atom is 0.219 e. The van der Waals surface area contributed by atoms with Crippen LogP contribution in [0.4, 0.5) is 0 Å². The normalized spacial score (nSPS) is 26.5. The van der Waals surface area contributed by atoms with E-state index >= 15 is 0 Å². The van der Waals surface area contributed by atoms with Gasteiger partial charge in [-0.3, -0.25) is 14.4 Å². The molecule has 22 heavy (non-hydrogen) atoms. The van der Waals surface area contributed by atoms with Crippen molar-refractivity contribution < 1.29 is 9.90 Å². The zero-order valence-electron chi connectivity index (χ0n) is 12.8. The number of nitriles is 1. The van der Waals surface area contributed by atoms with Crippen LogP contribution in [0.1, 0.15) is 31.4 Å². The fourth-order valence-electron chi connectivity index (χ4n) is 3.36. The zero-order chi connectivity index (χ0) is 15.7. The van der Waals surface area contributed by atoms with E-state index in [1.54, 1.807) is 24.2 Å². The first kappa shape index (κ1) is 15.0. The van der Waals surface area contributed by atoms with Gasteiger partial charge in [-0.25, -0.2) is 0 Å². The Morgan fingerprint density at radius 3 is 3.00 bits per heavy atom. The summed E-state index contributed by atoms with van der Waals surface area (Å²) in [4.78, 5) is 15.4. The lowest BCUT2D eigenvalue weighted by Gasteiger charge is -2.46. The lowest BCUT2D eigenvalue weighted by Crippen LogP contribution is -2.59. The first-order valence-electron chi connectivity index (χ1n) is 7.64. The van der Waals surface area contributed by atoms with Gasteiger partial charge in [0.15, 0.2) is 0 Å². The van der Waals surface area contributed by atoms with Gasteiger partial charge in [0.05, 0.1) is 29.9 Å². The van der Waals surface area contributed by atoms with Crippen LogP contribution in [0.25, 0.3) is 0 Å². The van der Waals surface area contributed by atoms with E-state index in [9.17, 15) is 9.90 Å². The molecule has 3 heterocycles. The molecule has 1 atom stereocenters. The molecule has 2 saturated heterocycles. The van der Waals surface area contributed by atoms with E-state index in [0.717, 1.165) is 32.5 Å². The Morgan fingerprint density at radius 1 is 1.59 bits per heavy atom. The third-order valence-electron chi connectivity index (χ3n) is 4.56. The summed E-state index contributed by atoms with van der Waals surface area (Å²) in [5.41, 5.74) is -0.238. The SMILES string of the molecule is CC(=O)N1CCCC(O)(CN2CC(n3cc(C#N)cn3)C2)C1. The molecule has 1 amide bonds. The minimum absolute atomic E-state index is 0.0279. The number of β-amino-alcohol motifs (C(OH)–C–C–N with tert-alkyl or cyclic N) is 1. The van der Waals surface area contributed by atoms with Gasteiger partial charge in [0.1, 0.15) is 6.07 Å². The van der Waals surface area contributed by atoms with Gasteiger partial charge >= 0.3 is 0 Å². The molecule has 2 fully saturated rings. The van der Waals surface area contributed by atoms with Crippen molar-refractivity contribution in [1.82, 2.24) is 19.6 Å². The zero-order valence-corrected chi connectivity index (χ0v) is 12.8. The van der Waals surface area contributed by atoms with Crippen LogP contribution in [-0.4, -0.2) is 68.9 Å². The summed E-state index contributed by atoms with van der Waals surface area (Å²) >= 11 is 0. The van der Waals surface area contributed by atoms with Crippen molar-refractivity contribution in [2.45, 2.75) is 31.4 Å². The van der Waals surface area contributed by atoms with Crippen molar-refractivity contribution in [3.8, 4) is 6.07 Å². The quantitative estimate of drug-likeness (QED) is 0.848. The lowest BCUT2D eigenvalue weighted by molar-refractivity contribution is -0.138. The standard InChI is InChI=1S/C15H21N5O2/c1-12(21)19-4-2-3-15(22,11-19)10-18-8-14(9-18)20-7-13(5-16)6-17-20/h6-7,14,22H,2-4,8-11H2,1H3. The molecule has 0 radical (unpaired) electrons. The summed E-state index contributed by atoms with van der Waals surface area (Å²) in [6.45, 7) is 4.92. The van der Waals surface area contributed by atoms with Gasteiger partial charge in [-0.2, -0.15) is 10.4 Å². The van der Waals surface area contributed by atoms with E-state index in [2.05, 4.69) is 16.1 Å². The monoisotopic (exact) mass is 303 g/mol. The van der Waals surface area contributed by atoms with Crippen LogP contribution in [0.5, 0.6) is 0 Å². The second-order valence-electron chi connectivity index (χ2n) is 6.44. The molecular weight excluding hydrogens is 282 g/mol. The van der Waals surface area contributed by atoms with E-state index in [1.807, 2.05) is 4.68 Å². The molecule has 118 valence electrons. The van der Waals surface area contributed by atoms with E-state index in [-0.39, 0.29) is 11.9 Å².